The molecule has 1 aromatic heterocycles. The molecule has 1 aromatic rings. The van der Waals surface area contributed by atoms with Crippen LogP contribution in [-0.2, 0) is 15.9 Å². The number of hydrogen-bond donors (Lipinski definition) is 1. The Morgan fingerprint density at radius 1 is 1.39 bits per heavy atom. The van der Waals surface area contributed by atoms with Crippen molar-refractivity contribution in [2.24, 2.45) is 0 Å². The molecule has 18 heavy (non-hydrogen) atoms. The molecule has 1 aliphatic rings. The molecule has 0 saturated carbocycles. The van der Waals surface area contributed by atoms with Gasteiger partial charge in [-0.3, -0.25) is 4.98 Å². The minimum absolute atomic E-state index is 0.431. The number of fused-ring (bicyclic) bond motifs is 1. The molecule has 0 radical (unpaired) electrons. The molecule has 4 nitrogen and oxygen atoms in total. The molecule has 1 unspecified atom stereocenters. The summed E-state index contributed by atoms with van der Waals surface area (Å²) in [6.45, 7) is 3.13. The Labute approximate surface area is 109 Å². The van der Waals surface area contributed by atoms with Crippen LogP contribution < -0.4 is 5.32 Å². The van der Waals surface area contributed by atoms with Crippen LogP contribution in [0.25, 0.3) is 0 Å². The quantitative estimate of drug-likeness (QED) is 0.713. The van der Waals surface area contributed by atoms with Gasteiger partial charge in [-0.05, 0) is 37.4 Å². The van der Waals surface area contributed by atoms with Crippen molar-refractivity contribution >= 4 is 0 Å². The van der Waals surface area contributed by atoms with Crippen LogP contribution in [0.1, 0.15) is 30.1 Å². The van der Waals surface area contributed by atoms with E-state index in [1.807, 2.05) is 12.3 Å². The van der Waals surface area contributed by atoms with Gasteiger partial charge in [0.1, 0.15) is 0 Å². The maximum absolute atomic E-state index is 5.43. The Balaban J connectivity index is 1.61. The lowest BCUT2D eigenvalue weighted by atomic mass is 10.2. The second-order valence-corrected chi connectivity index (χ2v) is 4.55. The van der Waals surface area contributed by atoms with Crippen LogP contribution in [0, 0.1) is 0 Å². The topological polar surface area (TPSA) is 43.4 Å². The predicted molar refractivity (Wildman–Crippen MR) is 70.6 cm³/mol. The minimum atomic E-state index is 0.431. The predicted octanol–water partition coefficient (Wildman–Crippen LogP) is 1.71. The van der Waals surface area contributed by atoms with E-state index >= 15 is 0 Å². The number of aromatic nitrogens is 1. The lowest BCUT2D eigenvalue weighted by Gasteiger charge is -2.12. The van der Waals surface area contributed by atoms with Crippen LogP contribution in [0.4, 0.5) is 0 Å². The molecule has 1 N–H and O–H groups in total. The number of aryl methyl sites for hydroxylation is 1. The summed E-state index contributed by atoms with van der Waals surface area (Å²) in [5, 5.41) is 3.55. The molecule has 0 bridgehead atoms. The number of hydrogen-bond acceptors (Lipinski definition) is 4. The summed E-state index contributed by atoms with van der Waals surface area (Å²) < 4.78 is 10.3. The number of ether oxygens (including phenoxy) is 2. The van der Waals surface area contributed by atoms with Crippen LogP contribution in [-0.4, -0.2) is 38.5 Å². The molecule has 0 aromatic carbocycles. The standard InChI is InChI=1S/C14H22N2O2/c1-17-10-11-18-9-3-8-15-13-6-5-12-4-2-7-16-14(12)13/h2,4,7,13,15H,3,5-6,8-11H2,1H3. The van der Waals surface area contributed by atoms with Crippen molar-refractivity contribution in [1.29, 1.82) is 0 Å². The van der Waals surface area contributed by atoms with Crippen molar-refractivity contribution in [2.75, 3.05) is 33.5 Å². The first kappa shape index (κ1) is 13.5. The van der Waals surface area contributed by atoms with Crippen LogP contribution >= 0.6 is 0 Å². The molecule has 0 aliphatic heterocycles. The molecule has 1 heterocycles. The number of nitrogens with zero attached hydrogens (tertiary/aromatic N) is 1. The van der Waals surface area contributed by atoms with Crippen molar-refractivity contribution < 1.29 is 9.47 Å². The molecular weight excluding hydrogens is 228 g/mol. The highest BCUT2D eigenvalue weighted by atomic mass is 16.5. The highest BCUT2D eigenvalue weighted by molar-refractivity contribution is 5.27. The molecule has 0 amide bonds. The fourth-order valence-corrected chi connectivity index (χ4v) is 2.31. The van der Waals surface area contributed by atoms with Crippen LogP contribution in [0.5, 0.6) is 0 Å². The fourth-order valence-electron chi connectivity index (χ4n) is 2.31. The van der Waals surface area contributed by atoms with Crippen molar-refractivity contribution in [1.82, 2.24) is 10.3 Å². The van der Waals surface area contributed by atoms with E-state index < -0.39 is 0 Å². The molecule has 0 saturated heterocycles. The fraction of sp³-hybridized carbons (Fsp3) is 0.643. The smallest absolute Gasteiger partial charge is 0.0700 e. The van der Waals surface area contributed by atoms with E-state index in [0.717, 1.165) is 32.4 Å². The van der Waals surface area contributed by atoms with Gasteiger partial charge in [0, 0.05) is 19.9 Å². The molecule has 100 valence electrons. The summed E-state index contributed by atoms with van der Waals surface area (Å²) in [7, 11) is 1.69. The van der Waals surface area contributed by atoms with E-state index in [0.29, 0.717) is 19.3 Å². The van der Waals surface area contributed by atoms with Gasteiger partial charge < -0.3 is 14.8 Å². The maximum Gasteiger partial charge on any atom is 0.0700 e. The largest absolute Gasteiger partial charge is 0.382 e. The van der Waals surface area contributed by atoms with Gasteiger partial charge in [-0.15, -0.1) is 0 Å². The van der Waals surface area contributed by atoms with Gasteiger partial charge in [0.15, 0.2) is 0 Å². The van der Waals surface area contributed by atoms with Gasteiger partial charge >= 0.3 is 0 Å². The third-order valence-corrected chi connectivity index (χ3v) is 3.25. The van der Waals surface area contributed by atoms with Gasteiger partial charge in [0.25, 0.3) is 0 Å². The van der Waals surface area contributed by atoms with Crippen molar-refractivity contribution in [2.45, 2.75) is 25.3 Å². The average Bonchev–Trinajstić information content (AvgIpc) is 2.81. The second kappa shape index (κ2) is 7.46. The summed E-state index contributed by atoms with van der Waals surface area (Å²) in [5.41, 5.74) is 2.63. The van der Waals surface area contributed by atoms with Crippen LogP contribution in [0.15, 0.2) is 18.3 Å². The Morgan fingerprint density at radius 2 is 2.33 bits per heavy atom. The summed E-state index contributed by atoms with van der Waals surface area (Å²) in [5.74, 6) is 0. The van der Waals surface area contributed by atoms with Gasteiger partial charge in [-0.1, -0.05) is 6.07 Å². The minimum Gasteiger partial charge on any atom is -0.382 e. The van der Waals surface area contributed by atoms with E-state index in [2.05, 4.69) is 16.4 Å². The van der Waals surface area contributed by atoms with Crippen molar-refractivity contribution in [3.05, 3.63) is 29.6 Å². The van der Waals surface area contributed by atoms with E-state index in [4.69, 9.17) is 9.47 Å². The monoisotopic (exact) mass is 250 g/mol. The number of nitrogens with one attached hydrogen (secondary N) is 1. The highest BCUT2D eigenvalue weighted by Crippen LogP contribution is 2.28. The Morgan fingerprint density at radius 3 is 3.22 bits per heavy atom. The van der Waals surface area contributed by atoms with Crippen LogP contribution in [0.2, 0.25) is 0 Å². The molecule has 4 heteroatoms. The van der Waals surface area contributed by atoms with Gasteiger partial charge in [-0.2, -0.15) is 0 Å². The van der Waals surface area contributed by atoms with Gasteiger partial charge in [0.05, 0.1) is 24.9 Å². The summed E-state index contributed by atoms with van der Waals surface area (Å²) >= 11 is 0. The normalized spacial score (nSPS) is 17.9. The molecule has 0 spiro atoms. The van der Waals surface area contributed by atoms with Crippen molar-refractivity contribution in [3.63, 3.8) is 0 Å². The first-order valence-corrected chi connectivity index (χ1v) is 6.65. The zero-order chi connectivity index (χ0) is 12.6. The molecule has 1 aliphatic carbocycles. The van der Waals surface area contributed by atoms with E-state index in [-0.39, 0.29) is 0 Å². The van der Waals surface area contributed by atoms with Crippen LogP contribution in [0.3, 0.4) is 0 Å². The first-order valence-electron chi connectivity index (χ1n) is 6.65. The van der Waals surface area contributed by atoms with Gasteiger partial charge in [-0.25, -0.2) is 0 Å². The summed E-state index contributed by atoms with van der Waals surface area (Å²) in [6, 6.07) is 4.63. The second-order valence-electron chi connectivity index (χ2n) is 4.55. The van der Waals surface area contributed by atoms with Crippen molar-refractivity contribution in [3.8, 4) is 0 Å². The Bertz CT molecular complexity index is 357. The summed E-state index contributed by atoms with van der Waals surface area (Å²) in [6.07, 6.45) is 5.22. The number of rotatable bonds is 8. The van der Waals surface area contributed by atoms with E-state index in [9.17, 15) is 0 Å². The number of methoxy groups -OCH3 is 1. The highest BCUT2D eigenvalue weighted by Gasteiger charge is 2.22. The lowest BCUT2D eigenvalue weighted by Crippen LogP contribution is -2.22. The lowest BCUT2D eigenvalue weighted by molar-refractivity contribution is 0.0692. The third-order valence-electron chi connectivity index (χ3n) is 3.25. The zero-order valence-corrected chi connectivity index (χ0v) is 11.0. The maximum atomic E-state index is 5.43. The zero-order valence-electron chi connectivity index (χ0n) is 11.0. The van der Waals surface area contributed by atoms with Gasteiger partial charge in [0.2, 0.25) is 0 Å². The van der Waals surface area contributed by atoms with E-state index in [1.54, 1.807) is 7.11 Å². The molecular formula is C14H22N2O2. The summed E-state index contributed by atoms with van der Waals surface area (Å²) in [4.78, 5) is 4.47. The molecule has 2 rings (SSSR count). The first-order chi connectivity index (χ1) is 8.92. The third kappa shape index (κ3) is 3.77. The Kier molecular flexibility index (Phi) is 5.58. The molecule has 0 fully saturated rings. The number of pyridine rings is 1. The SMILES string of the molecule is COCCOCCCNC1CCc2cccnc21. The Hall–Kier alpha value is -0.970. The average molecular weight is 250 g/mol. The van der Waals surface area contributed by atoms with E-state index in [1.165, 1.54) is 11.3 Å². The molecule has 1 atom stereocenters.